The van der Waals surface area contributed by atoms with E-state index in [0.29, 0.717) is 11.0 Å². The first kappa shape index (κ1) is 12.7. The number of carbonyl (C=O) groups is 1. The number of thioether (sulfide) groups is 1. The Labute approximate surface area is 120 Å². The van der Waals surface area contributed by atoms with E-state index in [-0.39, 0.29) is 5.56 Å². The second kappa shape index (κ2) is 5.02. The summed E-state index contributed by atoms with van der Waals surface area (Å²) in [4.78, 5) is 16.8. The standard InChI is InChI=1S/C15H12N2O2S/c1-20-11-5-2-4-10(8-11)17-9-16-13-7-3-6-12(14(13)17)15(18)19/h2-9H,1H3,(H,18,19). The molecule has 0 radical (unpaired) electrons. The molecule has 0 aliphatic rings. The van der Waals surface area contributed by atoms with Gasteiger partial charge < -0.3 is 5.11 Å². The number of nitrogens with zero attached hydrogens (tertiary/aromatic N) is 2. The predicted octanol–water partition coefficient (Wildman–Crippen LogP) is 3.45. The Hall–Kier alpha value is -2.27. The van der Waals surface area contributed by atoms with Gasteiger partial charge in [-0.15, -0.1) is 11.8 Å². The second-order valence-corrected chi connectivity index (χ2v) is 5.17. The topological polar surface area (TPSA) is 55.1 Å². The zero-order valence-electron chi connectivity index (χ0n) is 10.8. The van der Waals surface area contributed by atoms with Gasteiger partial charge in [0, 0.05) is 10.6 Å². The molecule has 0 unspecified atom stereocenters. The molecule has 2 aromatic carbocycles. The number of imidazole rings is 1. The summed E-state index contributed by atoms with van der Waals surface area (Å²) < 4.78 is 1.82. The Morgan fingerprint density at radius 2 is 2.05 bits per heavy atom. The fourth-order valence-electron chi connectivity index (χ4n) is 2.20. The number of hydrogen-bond donors (Lipinski definition) is 1. The van der Waals surface area contributed by atoms with Crippen molar-refractivity contribution in [3.8, 4) is 5.69 Å². The number of aromatic nitrogens is 2. The van der Waals surface area contributed by atoms with Crippen molar-refractivity contribution in [1.29, 1.82) is 0 Å². The maximum absolute atomic E-state index is 11.4. The van der Waals surface area contributed by atoms with Gasteiger partial charge in [0.05, 0.1) is 16.6 Å². The summed E-state index contributed by atoms with van der Waals surface area (Å²) in [6.45, 7) is 0. The highest BCUT2D eigenvalue weighted by Crippen LogP contribution is 2.24. The van der Waals surface area contributed by atoms with Gasteiger partial charge in [-0.1, -0.05) is 12.1 Å². The number of fused-ring (bicyclic) bond motifs is 1. The van der Waals surface area contributed by atoms with E-state index >= 15 is 0 Å². The van der Waals surface area contributed by atoms with Gasteiger partial charge >= 0.3 is 5.97 Å². The van der Waals surface area contributed by atoms with E-state index in [2.05, 4.69) is 4.98 Å². The van der Waals surface area contributed by atoms with Crippen molar-refractivity contribution in [3.63, 3.8) is 0 Å². The Morgan fingerprint density at radius 1 is 1.25 bits per heavy atom. The third kappa shape index (κ3) is 2.06. The molecule has 0 atom stereocenters. The monoisotopic (exact) mass is 284 g/mol. The lowest BCUT2D eigenvalue weighted by atomic mass is 10.2. The van der Waals surface area contributed by atoms with E-state index in [1.807, 2.05) is 41.2 Å². The van der Waals surface area contributed by atoms with Gasteiger partial charge in [0.25, 0.3) is 0 Å². The lowest BCUT2D eigenvalue weighted by Crippen LogP contribution is -2.01. The molecular weight excluding hydrogens is 272 g/mol. The van der Waals surface area contributed by atoms with Crippen LogP contribution in [0.4, 0.5) is 0 Å². The molecule has 1 N–H and O–H groups in total. The van der Waals surface area contributed by atoms with Crippen molar-refractivity contribution in [2.75, 3.05) is 6.26 Å². The zero-order chi connectivity index (χ0) is 14.1. The van der Waals surface area contributed by atoms with Crippen molar-refractivity contribution in [3.05, 3.63) is 54.4 Å². The fourth-order valence-corrected chi connectivity index (χ4v) is 2.65. The minimum atomic E-state index is -0.946. The SMILES string of the molecule is CSc1cccc(-n2cnc3cccc(C(=O)O)c32)c1. The molecule has 1 heterocycles. The van der Waals surface area contributed by atoms with Gasteiger partial charge in [-0.25, -0.2) is 9.78 Å². The number of hydrogen-bond acceptors (Lipinski definition) is 3. The third-order valence-corrected chi connectivity index (χ3v) is 3.86. The molecule has 5 heteroatoms. The van der Waals surface area contributed by atoms with Crippen LogP contribution in [0.1, 0.15) is 10.4 Å². The molecule has 0 saturated carbocycles. The first-order valence-electron chi connectivity index (χ1n) is 6.04. The predicted molar refractivity (Wildman–Crippen MR) is 79.8 cm³/mol. The van der Waals surface area contributed by atoms with Crippen LogP contribution in [-0.2, 0) is 0 Å². The lowest BCUT2D eigenvalue weighted by molar-refractivity contribution is 0.0698. The van der Waals surface area contributed by atoms with Crippen molar-refractivity contribution in [2.45, 2.75) is 4.90 Å². The summed E-state index contributed by atoms with van der Waals surface area (Å²) in [7, 11) is 0. The van der Waals surface area contributed by atoms with Gasteiger partial charge in [-0.05, 0) is 36.6 Å². The molecule has 3 rings (SSSR count). The average molecular weight is 284 g/mol. The molecule has 100 valence electrons. The van der Waals surface area contributed by atoms with Crippen LogP contribution in [0, 0.1) is 0 Å². The molecule has 0 spiro atoms. The van der Waals surface area contributed by atoms with E-state index in [0.717, 1.165) is 10.6 Å². The minimum Gasteiger partial charge on any atom is -0.478 e. The zero-order valence-corrected chi connectivity index (χ0v) is 11.6. The molecule has 0 bridgehead atoms. The maximum atomic E-state index is 11.4. The van der Waals surface area contributed by atoms with Crippen LogP contribution >= 0.6 is 11.8 Å². The van der Waals surface area contributed by atoms with E-state index in [9.17, 15) is 9.90 Å². The average Bonchev–Trinajstić information content (AvgIpc) is 2.91. The van der Waals surface area contributed by atoms with Gasteiger partial charge in [0.2, 0.25) is 0 Å². The molecule has 0 aliphatic carbocycles. The summed E-state index contributed by atoms with van der Waals surface area (Å²) in [6.07, 6.45) is 3.67. The maximum Gasteiger partial charge on any atom is 0.337 e. The smallest absolute Gasteiger partial charge is 0.337 e. The number of aromatic carboxylic acids is 1. The van der Waals surface area contributed by atoms with Crippen molar-refractivity contribution >= 4 is 28.8 Å². The largest absolute Gasteiger partial charge is 0.478 e. The molecule has 0 fully saturated rings. The number of carboxylic acids is 1. The first-order chi connectivity index (χ1) is 9.70. The molecule has 4 nitrogen and oxygen atoms in total. The highest BCUT2D eigenvalue weighted by atomic mass is 32.2. The molecule has 0 aliphatic heterocycles. The van der Waals surface area contributed by atoms with Crippen LogP contribution in [0.15, 0.2) is 53.7 Å². The van der Waals surface area contributed by atoms with Crippen LogP contribution < -0.4 is 0 Å². The molecule has 1 aromatic heterocycles. The summed E-state index contributed by atoms with van der Waals surface area (Å²) in [5, 5.41) is 9.33. The van der Waals surface area contributed by atoms with Gasteiger partial charge in [0.15, 0.2) is 0 Å². The number of benzene rings is 2. The van der Waals surface area contributed by atoms with Gasteiger partial charge in [0.1, 0.15) is 6.33 Å². The van der Waals surface area contributed by atoms with Crippen LogP contribution in [0.3, 0.4) is 0 Å². The second-order valence-electron chi connectivity index (χ2n) is 4.29. The molecule has 3 aromatic rings. The Kier molecular flexibility index (Phi) is 3.20. The summed E-state index contributed by atoms with van der Waals surface area (Å²) in [5.41, 5.74) is 2.47. The molecule has 0 saturated heterocycles. The molecular formula is C15H12N2O2S. The van der Waals surface area contributed by atoms with Crippen molar-refractivity contribution in [1.82, 2.24) is 9.55 Å². The summed E-state index contributed by atoms with van der Waals surface area (Å²) >= 11 is 1.65. The molecule has 20 heavy (non-hydrogen) atoms. The van der Waals surface area contributed by atoms with Gasteiger partial charge in [-0.3, -0.25) is 4.57 Å². The highest BCUT2D eigenvalue weighted by Gasteiger charge is 2.14. The minimum absolute atomic E-state index is 0.259. The summed E-state index contributed by atoms with van der Waals surface area (Å²) in [5.74, 6) is -0.946. The third-order valence-electron chi connectivity index (χ3n) is 3.13. The van der Waals surface area contributed by atoms with Crippen LogP contribution in [-0.4, -0.2) is 26.9 Å². The Balaban J connectivity index is 2.28. The van der Waals surface area contributed by atoms with E-state index in [1.54, 1.807) is 30.2 Å². The summed E-state index contributed by atoms with van der Waals surface area (Å²) in [6, 6.07) is 13.1. The van der Waals surface area contributed by atoms with E-state index < -0.39 is 5.97 Å². The lowest BCUT2D eigenvalue weighted by Gasteiger charge is -2.07. The van der Waals surface area contributed by atoms with Crippen LogP contribution in [0.25, 0.3) is 16.7 Å². The van der Waals surface area contributed by atoms with Crippen LogP contribution in [0.2, 0.25) is 0 Å². The van der Waals surface area contributed by atoms with E-state index in [1.165, 1.54) is 0 Å². The quantitative estimate of drug-likeness (QED) is 0.748. The number of carboxylic acid groups (broad SMARTS) is 1. The van der Waals surface area contributed by atoms with E-state index in [4.69, 9.17) is 0 Å². The molecule has 0 amide bonds. The van der Waals surface area contributed by atoms with Crippen molar-refractivity contribution in [2.24, 2.45) is 0 Å². The highest BCUT2D eigenvalue weighted by molar-refractivity contribution is 7.98. The van der Waals surface area contributed by atoms with Crippen molar-refractivity contribution < 1.29 is 9.90 Å². The number of para-hydroxylation sites is 1. The van der Waals surface area contributed by atoms with Crippen LogP contribution in [0.5, 0.6) is 0 Å². The van der Waals surface area contributed by atoms with Gasteiger partial charge in [-0.2, -0.15) is 0 Å². The fraction of sp³-hybridized carbons (Fsp3) is 0.0667. The normalized spacial score (nSPS) is 10.8. The first-order valence-corrected chi connectivity index (χ1v) is 7.27. The Morgan fingerprint density at radius 3 is 2.80 bits per heavy atom. The number of rotatable bonds is 3. The Bertz CT molecular complexity index is 795.